The van der Waals surface area contributed by atoms with E-state index in [4.69, 9.17) is 0 Å². The molecule has 16 heavy (non-hydrogen) atoms. The maximum absolute atomic E-state index is 9.25. The van der Waals surface area contributed by atoms with Crippen LogP contribution in [0.3, 0.4) is 0 Å². The van der Waals surface area contributed by atoms with E-state index in [-0.39, 0.29) is 6.61 Å². The standard InChI is InChI=1S/C14H15NO/c1-11-7-13(14(10-16)9-15-11)8-12-5-3-2-4-6-12/h2-7,9,16H,8,10H2,1H3. The van der Waals surface area contributed by atoms with Gasteiger partial charge in [0.05, 0.1) is 6.61 Å². The normalized spacial score (nSPS) is 10.4. The fourth-order valence-electron chi connectivity index (χ4n) is 1.77. The zero-order valence-electron chi connectivity index (χ0n) is 9.35. The van der Waals surface area contributed by atoms with E-state index in [0.717, 1.165) is 23.2 Å². The van der Waals surface area contributed by atoms with Crippen LogP contribution in [0.5, 0.6) is 0 Å². The molecule has 1 aromatic carbocycles. The van der Waals surface area contributed by atoms with Crippen molar-refractivity contribution >= 4 is 0 Å². The van der Waals surface area contributed by atoms with Gasteiger partial charge in [-0.3, -0.25) is 4.98 Å². The summed E-state index contributed by atoms with van der Waals surface area (Å²) < 4.78 is 0. The Hall–Kier alpha value is -1.67. The van der Waals surface area contributed by atoms with Gasteiger partial charge in [-0.05, 0) is 36.1 Å². The number of aryl methyl sites for hydroxylation is 1. The Kier molecular flexibility index (Phi) is 3.32. The lowest BCUT2D eigenvalue weighted by Crippen LogP contribution is -1.98. The molecule has 1 heterocycles. The molecule has 0 spiro atoms. The first-order chi connectivity index (χ1) is 7.79. The van der Waals surface area contributed by atoms with Crippen molar-refractivity contribution in [1.29, 1.82) is 0 Å². The van der Waals surface area contributed by atoms with Gasteiger partial charge < -0.3 is 5.11 Å². The van der Waals surface area contributed by atoms with E-state index in [2.05, 4.69) is 17.1 Å². The predicted octanol–water partition coefficient (Wildman–Crippen LogP) is 2.47. The fraction of sp³-hybridized carbons (Fsp3) is 0.214. The Morgan fingerprint density at radius 2 is 1.88 bits per heavy atom. The number of aromatic nitrogens is 1. The second kappa shape index (κ2) is 4.90. The van der Waals surface area contributed by atoms with Gasteiger partial charge in [-0.1, -0.05) is 30.3 Å². The molecule has 0 saturated carbocycles. The summed E-state index contributed by atoms with van der Waals surface area (Å²) in [6.45, 7) is 2.02. The molecular formula is C14H15NO. The van der Waals surface area contributed by atoms with Crippen molar-refractivity contribution in [2.45, 2.75) is 20.0 Å². The van der Waals surface area contributed by atoms with E-state index in [9.17, 15) is 5.11 Å². The molecule has 2 aromatic rings. The van der Waals surface area contributed by atoms with Gasteiger partial charge in [0.15, 0.2) is 0 Å². The third kappa shape index (κ3) is 2.47. The van der Waals surface area contributed by atoms with E-state index in [1.54, 1.807) is 6.20 Å². The first-order valence-electron chi connectivity index (χ1n) is 5.39. The smallest absolute Gasteiger partial charge is 0.0699 e. The lowest BCUT2D eigenvalue weighted by Gasteiger charge is -2.08. The number of hydrogen-bond acceptors (Lipinski definition) is 2. The summed E-state index contributed by atoms with van der Waals surface area (Å²) in [5.41, 5.74) is 4.31. The van der Waals surface area contributed by atoms with Crippen molar-refractivity contribution < 1.29 is 5.11 Å². The Morgan fingerprint density at radius 3 is 2.56 bits per heavy atom. The van der Waals surface area contributed by atoms with Crippen LogP contribution in [0.4, 0.5) is 0 Å². The molecule has 0 atom stereocenters. The van der Waals surface area contributed by atoms with Gasteiger partial charge in [0, 0.05) is 11.9 Å². The molecule has 0 saturated heterocycles. The van der Waals surface area contributed by atoms with Crippen LogP contribution in [0.2, 0.25) is 0 Å². The third-order valence-corrected chi connectivity index (χ3v) is 2.63. The van der Waals surface area contributed by atoms with Crippen LogP contribution >= 0.6 is 0 Å². The van der Waals surface area contributed by atoms with Gasteiger partial charge in [-0.2, -0.15) is 0 Å². The van der Waals surface area contributed by atoms with E-state index >= 15 is 0 Å². The molecule has 0 amide bonds. The third-order valence-electron chi connectivity index (χ3n) is 2.63. The average molecular weight is 213 g/mol. The highest BCUT2D eigenvalue weighted by Crippen LogP contribution is 2.14. The van der Waals surface area contributed by atoms with Crippen LogP contribution in [0, 0.1) is 6.92 Å². The molecule has 2 nitrogen and oxygen atoms in total. The molecule has 1 aromatic heterocycles. The summed E-state index contributed by atoms with van der Waals surface area (Å²) in [4.78, 5) is 4.19. The van der Waals surface area contributed by atoms with Crippen LogP contribution in [-0.2, 0) is 13.0 Å². The molecule has 0 aliphatic heterocycles. The van der Waals surface area contributed by atoms with Gasteiger partial charge in [-0.15, -0.1) is 0 Å². The number of rotatable bonds is 3. The van der Waals surface area contributed by atoms with Crippen LogP contribution in [-0.4, -0.2) is 10.1 Å². The molecule has 1 N–H and O–H groups in total. The van der Waals surface area contributed by atoms with E-state index in [1.165, 1.54) is 5.56 Å². The summed E-state index contributed by atoms with van der Waals surface area (Å²) in [6, 6.07) is 12.3. The Balaban J connectivity index is 2.30. The topological polar surface area (TPSA) is 33.1 Å². The van der Waals surface area contributed by atoms with Gasteiger partial charge in [0.25, 0.3) is 0 Å². The molecule has 0 aliphatic carbocycles. The van der Waals surface area contributed by atoms with Gasteiger partial charge in [-0.25, -0.2) is 0 Å². The predicted molar refractivity (Wildman–Crippen MR) is 64.1 cm³/mol. The zero-order valence-corrected chi connectivity index (χ0v) is 9.35. The monoisotopic (exact) mass is 213 g/mol. The molecule has 0 unspecified atom stereocenters. The minimum atomic E-state index is 0.0510. The van der Waals surface area contributed by atoms with Crippen molar-refractivity contribution in [3.63, 3.8) is 0 Å². The number of nitrogens with zero attached hydrogens (tertiary/aromatic N) is 1. The molecular weight excluding hydrogens is 198 g/mol. The fourth-order valence-corrected chi connectivity index (χ4v) is 1.77. The van der Waals surface area contributed by atoms with Crippen molar-refractivity contribution in [1.82, 2.24) is 4.98 Å². The second-order valence-corrected chi connectivity index (χ2v) is 3.91. The quantitative estimate of drug-likeness (QED) is 0.849. The summed E-state index contributed by atoms with van der Waals surface area (Å²) in [7, 11) is 0. The van der Waals surface area contributed by atoms with Crippen molar-refractivity contribution in [2.24, 2.45) is 0 Å². The SMILES string of the molecule is Cc1cc(Cc2ccccc2)c(CO)cn1. The van der Waals surface area contributed by atoms with E-state index in [0.29, 0.717) is 0 Å². The summed E-state index contributed by atoms with van der Waals surface area (Å²) >= 11 is 0. The van der Waals surface area contributed by atoms with Gasteiger partial charge in [0.2, 0.25) is 0 Å². The lowest BCUT2D eigenvalue weighted by atomic mass is 10.0. The summed E-state index contributed by atoms with van der Waals surface area (Å²) in [5.74, 6) is 0. The summed E-state index contributed by atoms with van der Waals surface area (Å²) in [5, 5.41) is 9.25. The Bertz CT molecular complexity index is 465. The van der Waals surface area contributed by atoms with Gasteiger partial charge in [0.1, 0.15) is 0 Å². The number of pyridine rings is 1. The molecule has 0 aliphatic rings. The molecule has 0 radical (unpaired) electrons. The zero-order chi connectivity index (χ0) is 11.4. The van der Waals surface area contributed by atoms with Crippen molar-refractivity contribution in [3.05, 3.63) is 65.0 Å². The summed E-state index contributed by atoms with van der Waals surface area (Å²) in [6.07, 6.45) is 2.60. The largest absolute Gasteiger partial charge is 0.392 e. The number of aliphatic hydroxyl groups excluding tert-OH is 1. The average Bonchev–Trinajstić information content (AvgIpc) is 2.31. The van der Waals surface area contributed by atoms with Crippen molar-refractivity contribution in [3.8, 4) is 0 Å². The first-order valence-corrected chi connectivity index (χ1v) is 5.39. The highest BCUT2D eigenvalue weighted by molar-refractivity contribution is 5.32. The van der Waals surface area contributed by atoms with Crippen LogP contribution in [0.1, 0.15) is 22.4 Å². The number of aliphatic hydroxyl groups is 1. The lowest BCUT2D eigenvalue weighted by molar-refractivity contribution is 0.280. The molecule has 2 rings (SSSR count). The van der Waals surface area contributed by atoms with Crippen LogP contribution in [0.15, 0.2) is 42.6 Å². The maximum Gasteiger partial charge on any atom is 0.0699 e. The highest BCUT2D eigenvalue weighted by atomic mass is 16.3. The minimum Gasteiger partial charge on any atom is -0.392 e. The van der Waals surface area contributed by atoms with E-state index in [1.807, 2.05) is 31.2 Å². The number of benzene rings is 1. The van der Waals surface area contributed by atoms with E-state index < -0.39 is 0 Å². The highest BCUT2D eigenvalue weighted by Gasteiger charge is 2.03. The maximum atomic E-state index is 9.25. The minimum absolute atomic E-state index is 0.0510. The molecule has 0 bridgehead atoms. The van der Waals surface area contributed by atoms with Gasteiger partial charge >= 0.3 is 0 Å². The van der Waals surface area contributed by atoms with Crippen molar-refractivity contribution in [2.75, 3.05) is 0 Å². The number of hydrogen-bond donors (Lipinski definition) is 1. The molecule has 2 heteroatoms. The Morgan fingerprint density at radius 1 is 1.12 bits per heavy atom. The molecule has 82 valence electrons. The second-order valence-electron chi connectivity index (χ2n) is 3.91. The van der Waals surface area contributed by atoms with Crippen LogP contribution < -0.4 is 0 Å². The van der Waals surface area contributed by atoms with Crippen LogP contribution in [0.25, 0.3) is 0 Å². The Labute approximate surface area is 95.6 Å². The first kappa shape index (κ1) is 10.8. The molecule has 0 fully saturated rings.